The second kappa shape index (κ2) is 6.85. The first-order valence-corrected chi connectivity index (χ1v) is 10.5. The third-order valence-corrected chi connectivity index (χ3v) is 6.50. The van der Waals surface area contributed by atoms with Crippen LogP contribution in [0.4, 0.5) is 5.88 Å². The second-order valence-electron chi connectivity index (χ2n) is 8.41. The van der Waals surface area contributed by atoms with Crippen LogP contribution in [0.2, 0.25) is 0 Å². The normalized spacial score (nSPS) is 19.8. The highest BCUT2D eigenvalue weighted by atomic mass is 16.4. The number of aromatic nitrogens is 2. The van der Waals surface area contributed by atoms with Crippen molar-refractivity contribution in [3.63, 3.8) is 0 Å². The molecule has 2 aromatic heterocycles. The molecule has 2 bridgehead atoms. The van der Waals surface area contributed by atoms with Crippen LogP contribution in [0, 0.1) is 17.2 Å². The predicted molar refractivity (Wildman–Crippen MR) is 118 cm³/mol. The number of fused-ring (bicyclic) bond motifs is 5. The lowest BCUT2D eigenvalue weighted by atomic mass is 9.83. The molecule has 1 fully saturated rings. The number of rotatable bonds is 2. The largest absolute Gasteiger partial charge is 0.419 e. The number of nitriles is 1. The Balaban J connectivity index is 1.41. The van der Waals surface area contributed by atoms with E-state index in [1.807, 2.05) is 47.0 Å². The fourth-order valence-corrected chi connectivity index (χ4v) is 5.19. The molecule has 0 saturated carbocycles. The number of hydrogen-bond donors (Lipinski definition) is 0. The zero-order valence-corrected chi connectivity index (χ0v) is 16.9. The van der Waals surface area contributed by atoms with Gasteiger partial charge in [-0.15, -0.1) is 0 Å². The van der Waals surface area contributed by atoms with E-state index < -0.39 is 0 Å². The fraction of sp³-hybridized carbons (Fsp3) is 0.240. The van der Waals surface area contributed by atoms with Crippen LogP contribution < -0.4 is 10.5 Å². The van der Waals surface area contributed by atoms with Gasteiger partial charge in [-0.25, -0.2) is 0 Å². The van der Waals surface area contributed by atoms with E-state index in [0.717, 1.165) is 35.0 Å². The van der Waals surface area contributed by atoms with Crippen LogP contribution in [0.1, 0.15) is 23.7 Å². The van der Waals surface area contributed by atoms with Gasteiger partial charge in [0.1, 0.15) is 6.07 Å². The van der Waals surface area contributed by atoms with E-state index in [0.29, 0.717) is 36.5 Å². The monoisotopic (exact) mass is 408 g/mol. The van der Waals surface area contributed by atoms with E-state index in [9.17, 15) is 10.1 Å². The SMILES string of the molecule is N#Cc1nc(-c2cccc3ccccc23)oc1N1CC2CC(C1)c1cccc(=O)n1C2. The molecule has 2 unspecified atom stereocenters. The first-order chi connectivity index (χ1) is 15.2. The van der Waals surface area contributed by atoms with Gasteiger partial charge in [0.2, 0.25) is 17.5 Å². The Hall–Kier alpha value is -3.85. The van der Waals surface area contributed by atoms with Crippen molar-refractivity contribution >= 4 is 16.7 Å². The van der Waals surface area contributed by atoms with Crippen LogP contribution in [-0.2, 0) is 6.54 Å². The molecule has 2 atom stereocenters. The summed E-state index contributed by atoms with van der Waals surface area (Å²) >= 11 is 0. The zero-order valence-electron chi connectivity index (χ0n) is 16.9. The zero-order chi connectivity index (χ0) is 20.9. The topological polar surface area (TPSA) is 75.1 Å². The Bertz CT molecular complexity index is 1410. The van der Waals surface area contributed by atoms with E-state index >= 15 is 0 Å². The minimum absolute atomic E-state index is 0.0660. The highest BCUT2D eigenvalue weighted by Crippen LogP contribution is 2.39. The predicted octanol–water partition coefficient (Wildman–Crippen LogP) is 4.15. The highest BCUT2D eigenvalue weighted by molar-refractivity contribution is 5.94. The number of hydrogen-bond acceptors (Lipinski definition) is 5. The Morgan fingerprint density at radius 2 is 1.84 bits per heavy atom. The van der Waals surface area contributed by atoms with E-state index in [2.05, 4.69) is 28.1 Å². The third-order valence-electron chi connectivity index (χ3n) is 6.50. The molecule has 0 amide bonds. The fourth-order valence-electron chi connectivity index (χ4n) is 5.19. The molecule has 6 rings (SSSR count). The Kier molecular flexibility index (Phi) is 3.97. The molecule has 6 heteroatoms. The lowest BCUT2D eigenvalue weighted by molar-refractivity contribution is 0.275. The molecule has 4 aromatic rings. The number of oxazole rings is 1. The summed E-state index contributed by atoms with van der Waals surface area (Å²) in [6.07, 6.45) is 1.05. The van der Waals surface area contributed by atoms with Gasteiger partial charge in [-0.05, 0) is 35.2 Å². The average molecular weight is 408 g/mol. The summed E-state index contributed by atoms with van der Waals surface area (Å²) in [5.41, 5.74) is 2.33. The van der Waals surface area contributed by atoms with E-state index in [1.165, 1.54) is 0 Å². The van der Waals surface area contributed by atoms with Gasteiger partial charge in [0.05, 0.1) is 0 Å². The molecule has 31 heavy (non-hydrogen) atoms. The highest BCUT2D eigenvalue weighted by Gasteiger charge is 2.36. The van der Waals surface area contributed by atoms with Gasteiger partial charge in [-0.2, -0.15) is 10.2 Å². The van der Waals surface area contributed by atoms with Gasteiger partial charge in [-0.1, -0.05) is 42.5 Å². The van der Waals surface area contributed by atoms with Crippen LogP contribution in [0.25, 0.3) is 22.2 Å². The minimum atomic E-state index is 0.0660. The summed E-state index contributed by atoms with van der Waals surface area (Å²) in [6.45, 7) is 2.16. The van der Waals surface area contributed by atoms with E-state index in [-0.39, 0.29) is 11.5 Å². The summed E-state index contributed by atoms with van der Waals surface area (Å²) < 4.78 is 8.15. The van der Waals surface area contributed by atoms with Crippen molar-refractivity contribution in [1.82, 2.24) is 9.55 Å². The first kappa shape index (κ1) is 18.0. The molecule has 4 heterocycles. The first-order valence-electron chi connectivity index (χ1n) is 10.5. The Morgan fingerprint density at radius 1 is 1.00 bits per heavy atom. The van der Waals surface area contributed by atoms with Crippen molar-refractivity contribution in [1.29, 1.82) is 5.26 Å². The number of pyridine rings is 1. The molecular formula is C25H20N4O2. The van der Waals surface area contributed by atoms with Crippen LogP contribution in [0.5, 0.6) is 0 Å². The molecule has 2 aliphatic rings. The summed E-state index contributed by atoms with van der Waals surface area (Å²) in [7, 11) is 0. The van der Waals surface area contributed by atoms with E-state index in [1.54, 1.807) is 6.07 Å². The molecule has 0 spiro atoms. The standard InChI is InChI=1S/C25H20N4O2/c26-12-21-25(31-24(27-21)20-8-3-6-17-5-1-2-7-19(17)20)28-13-16-11-18(15-28)22-9-4-10-23(30)29(22)14-16/h1-10,16,18H,11,13-15H2. The number of anilines is 1. The molecular weight excluding hydrogens is 388 g/mol. The smallest absolute Gasteiger partial charge is 0.250 e. The van der Waals surface area contributed by atoms with Crippen LogP contribution in [0.15, 0.2) is 69.9 Å². The van der Waals surface area contributed by atoms with Crippen molar-refractivity contribution in [2.24, 2.45) is 5.92 Å². The number of piperidine rings is 1. The van der Waals surface area contributed by atoms with Crippen molar-refractivity contribution < 1.29 is 4.42 Å². The quantitative estimate of drug-likeness (QED) is 0.498. The summed E-state index contributed by atoms with van der Waals surface area (Å²) in [6, 6.07) is 21.8. The van der Waals surface area contributed by atoms with Gasteiger partial charge < -0.3 is 13.9 Å². The van der Waals surface area contributed by atoms with Crippen molar-refractivity contribution in [2.75, 3.05) is 18.0 Å². The van der Waals surface area contributed by atoms with Gasteiger partial charge in [-0.3, -0.25) is 4.79 Å². The maximum absolute atomic E-state index is 12.3. The van der Waals surface area contributed by atoms with Crippen molar-refractivity contribution in [3.05, 3.63) is 82.4 Å². The molecule has 0 radical (unpaired) electrons. The molecule has 6 nitrogen and oxygen atoms in total. The molecule has 2 aromatic carbocycles. The summed E-state index contributed by atoms with van der Waals surface area (Å²) in [4.78, 5) is 19.0. The molecule has 0 aliphatic carbocycles. The van der Waals surface area contributed by atoms with Gasteiger partial charge in [0, 0.05) is 42.9 Å². The lowest BCUT2D eigenvalue weighted by Crippen LogP contribution is -2.47. The number of nitrogens with zero attached hydrogens (tertiary/aromatic N) is 4. The van der Waals surface area contributed by atoms with Crippen LogP contribution in [0.3, 0.4) is 0 Å². The average Bonchev–Trinajstić information content (AvgIpc) is 3.24. The van der Waals surface area contributed by atoms with E-state index in [4.69, 9.17) is 4.42 Å². The van der Waals surface area contributed by atoms with Crippen LogP contribution in [-0.4, -0.2) is 22.6 Å². The summed E-state index contributed by atoms with van der Waals surface area (Å²) in [5, 5.41) is 11.9. The molecule has 2 aliphatic heterocycles. The molecule has 0 N–H and O–H groups in total. The van der Waals surface area contributed by atoms with Gasteiger partial charge in [0.25, 0.3) is 5.56 Å². The Morgan fingerprint density at radius 3 is 2.74 bits per heavy atom. The second-order valence-corrected chi connectivity index (χ2v) is 8.41. The third kappa shape index (κ3) is 2.85. The Labute approximate surface area is 179 Å². The number of benzene rings is 2. The van der Waals surface area contributed by atoms with Crippen molar-refractivity contribution in [3.8, 4) is 17.5 Å². The van der Waals surface area contributed by atoms with Gasteiger partial charge in [0.15, 0.2) is 0 Å². The molecule has 1 saturated heterocycles. The van der Waals surface area contributed by atoms with Crippen LogP contribution >= 0.6 is 0 Å². The van der Waals surface area contributed by atoms with Gasteiger partial charge >= 0.3 is 0 Å². The summed E-state index contributed by atoms with van der Waals surface area (Å²) in [5.74, 6) is 1.57. The maximum Gasteiger partial charge on any atom is 0.250 e. The molecule has 152 valence electrons. The van der Waals surface area contributed by atoms with Crippen molar-refractivity contribution in [2.45, 2.75) is 18.9 Å². The maximum atomic E-state index is 12.3. The lowest BCUT2D eigenvalue weighted by Gasteiger charge is -2.42. The minimum Gasteiger partial charge on any atom is -0.419 e.